The fourth-order valence-corrected chi connectivity index (χ4v) is 2.71. The van der Waals surface area contributed by atoms with Crippen LogP contribution in [-0.2, 0) is 23.6 Å². The Morgan fingerprint density at radius 1 is 1.14 bits per heavy atom. The van der Waals surface area contributed by atoms with Crippen molar-refractivity contribution in [2.45, 2.75) is 18.8 Å². The third kappa shape index (κ3) is 5.87. The topological polar surface area (TPSA) is 62.2 Å². The number of benzene rings is 1. The van der Waals surface area contributed by atoms with Crippen LogP contribution in [0.4, 0.5) is 0 Å². The molecule has 0 aliphatic heterocycles. The van der Waals surface area contributed by atoms with Crippen LogP contribution in [0, 0.1) is 0 Å². The number of thioether (sulfide) groups is 1. The highest BCUT2D eigenvalue weighted by molar-refractivity contribution is 7.99. The average Bonchev–Trinajstić information content (AvgIpc) is 2.56. The first-order chi connectivity index (χ1) is 10.8. The zero-order valence-electron chi connectivity index (χ0n) is 12.4. The summed E-state index contributed by atoms with van der Waals surface area (Å²) in [6.45, 7) is 0.686. The minimum atomic E-state index is 0.0490. The van der Waals surface area contributed by atoms with Crippen molar-refractivity contribution in [3.63, 3.8) is 0 Å². The molecule has 0 radical (unpaired) electrons. The lowest BCUT2D eigenvalue weighted by atomic mass is 10.1. The third-order valence-corrected chi connectivity index (χ3v) is 4.12. The van der Waals surface area contributed by atoms with Gasteiger partial charge in [-0.2, -0.15) is 0 Å². The van der Waals surface area contributed by atoms with Crippen LogP contribution in [0.5, 0.6) is 0 Å². The van der Waals surface area contributed by atoms with Gasteiger partial charge in [-0.1, -0.05) is 30.3 Å². The molecule has 0 saturated carbocycles. The summed E-state index contributed by atoms with van der Waals surface area (Å²) < 4.78 is 0. The van der Waals surface area contributed by atoms with E-state index in [1.807, 2.05) is 42.5 Å². The molecule has 5 heteroatoms. The number of nitrogens with one attached hydrogen (secondary N) is 1. The molecule has 0 aliphatic carbocycles. The molecule has 0 bridgehead atoms. The summed E-state index contributed by atoms with van der Waals surface area (Å²) in [5, 5.41) is 11.9. The molecule has 0 spiro atoms. The number of rotatable bonds is 8. The van der Waals surface area contributed by atoms with E-state index in [1.54, 1.807) is 18.0 Å². The number of hydrogen-bond donors (Lipinski definition) is 2. The molecule has 22 heavy (non-hydrogen) atoms. The molecule has 0 aliphatic rings. The van der Waals surface area contributed by atoms with Crippen LogP contribution < -0.4 is 5.32 Å². The van der Waals surface area contributed by atoms with E-state index in [2.05, 4.69) is 10.3 Å². The van der Waals surface area contributed by atoms with E-state index in [1.165, 1.54) is 0 Å². The highest BCUT2D eigenvalue weighted by Crippen LogP contribution is 2.09. The van der Waals surface area contributed by atoms with Crippen LogP contribution in [-0.4, -0.2) is 28.3 Å². The summed E-state index contributed by atoms with van der Waals surface area (Å²) in [4.78, 5) is 16.0. The average molecular weight is 316 g/mol. The number of carbonyl (C=O) groups is 1. The molecule has 0 fully saturated rings. The zero-order valence-corrected chi connectivity index (χ0v) is 13.2. The number of nitrogens with zero attached hydrogens (tertiary/aromatic N) is 1. The molecule has 1 amide bonds. The number of pyridine rings is 1. The molecular formula is C17H20N2O2S. The zero-order chi connectivity index (χ0) is 15.6. The Kier molecular flexibility index (Phi) is 6.93. The molecule has 1 aromatic heterocycles. The number of aromatic nitrogens is 1. The van der Waals surface area contributed by atoms with Gasteiger partial charge < -0.3 is 10.4 Å². The van der Waals surface area contributed by atoms with Crippen molar-refractivity contribution in [1.29, 1.82) is 0 Å². The molecule has 0 saturated heterocycles. The Morgan fingerprint density at radius 2 is 1.91 bits per heavy atom. The van der Waals surface area contributed by atoms with Gasteiger partial charge in [-0.3, -0.25) is 9.78 Å². The van der Waals surface area contributed by atoms with Crippen LogP contribution >= 0.6 is 11.8 Å². The Hall–Kier alpha value is -1.85. The van der Waals surface area contributed by atoms with Gasteiger partial charge in [-0.15, -0.1) is 11.8 Å². The summed E-state index contributed by atoms with van der Waals surface area (Å²) in [6, 6.07) is 13.6. The highest BCUT2D eigenvalue weighted by Gasteiger charge is 2.02. The van der Waals surface area contributed by atoms with Crippen LogP contribution in [0.25, 0.3) is 0 Å². The van der Waals surface area contributed by atoms with Crippen molar-refractivity contribution in [3.8, 4) is 0 Å². The van der Waals surface area contributed by atoms with Crippen molar-refractivity contribution in [2.24, 2.45) is 0 Å². The van der Waals surface area contributed by atoms with Crippen LogP contribution in [0.3, 0.4) is 0 Å². The molecule has 4 nitrogen and oxygen atoms in total. The van der Waals surface area contributed by atoms with Gasteiger partial charge in [-0.25, -0.2) is 0 Å². The number of aliphatic hydroxyl groups excluding tert-OH is 1. The van der Waals surface area contributed by atoms with Crippen molar-refractivity contribution in [3.05, 3.63) is 65.5 Å². The smallest absolute Gasteiger partial charge is 0.230 e. The first-order valence-corrected chi connectivity index (χ1v) is 8.36. The molecule has 1 heterocycles. The minimum Gasteiger partial charge on any atom is -0.392 e. The number of carbonyl (C=O) groups excluding carboxylic acids is 1. The Labute approximate surface area is 135 Å². The number of aliphatic hydroxyl groups is 1. The van der Waals surface area contributed by atoms with E-state index < -0.39 is 0 Å². The lowest BCUT2D eigenvalue weighted by Crippen LogP contribution is -2.27. The predicted octanol–water partition coefficient (Wildman–Crippen LogP) is 2.17. The van der Waals surface area contributed by atoms with Crippen molar-refractivity contribution >= 4 is 17.7 Å². The second kappa shape index (κ2) is 9.23. The maximum absolute atomic E-state index is 11.7. The molecule has 0 unspecified atom stereocenters. The van der Waals surface area contributed by atoms with E-state index in [0.717, 1.165) is 29.0 Å². The van der Waals surface area contributed by atoms with Gasteiger partial charge in [0.2, 0.25) is 5.91 Å². The second-order valence-electron chi connectivity index (χ2n) is 4.89. The normalized spacial score (nSPS) is 10.4. The summed E-state index contributed by atoms with van der Waals surface area (Å²) in [7, 11) is 0. The third-order valence-electron chi connectivity index (χ3n) is 3.15. The Morgan fingerprint density at radius 3 is 2.59 bits per heavy atom. The van der Waals surface area contributed by atoms with E-state index in [0.29, 0.717) is 12.3 Å². The Bertz CT molecular complexity index is 573. The summed E-state index contributed by atoms with van der Waals surface area (Å²) in [5.41, 5.74) is 3.04. The molecule has 116 valence electrons. The molecule has 2 N–H and O–H groups in total. The standard InChI is InChI=1S/C17H20N2O2S/c20-11-15-6-4-14(5-7-15)8-10-19-17(21)13-22-12-16-3-1-2-9-18-16/h1-7,9,20H,8,10-13H2,(H,19,21). The van der Waals surface area contributed by atoms with Crippen molar-refractivity contribution < 1.29 is 9.90 Å². The first kappa shape index (κ1) is 16.5. The van der Waals surface area contributed by atoms with Crippen LogP contribution in [0.2, 0.25) is 0 Å². The Balaban J connectivity index is 1.61. The monoisotopic (exact) mass is 316 g/mol. The number of amides is 1. The van der Waals surface area contributed by atoms with E-state index in [-0.39, 0.29) is 12.5 Å². The summed E-state index contributed by atoms with van der Waals surface area (Å²) in [5.74, 6) is 1.24. The lowest BCUT2D eigenvalue weighted by molar-refractivity contribution is -0.118. The summed E-state index contributed by atoms with van der Waals surface area (Å²) in [6.07, 6.45) is 2.56. The largest absolute Gasteiger partial charge is 0.392 e. The van der Waals surface area contributed by atoms with Crippen molar-refractivity contribution in [1.82, 2.24) is 10.3 Å². The fourth-order valence-electron chi connectivity index (χ4n) is 1.94. The first-order valence-electron chi connectivity index (χ1n) is 7.21. The van der Waals surface area contributed by atoms with Gasteiger partial charge in [0.15, 0.2) is 0 Å². The van der Waals surface area contributed by atoms with Gasteiger partial charge in [0.1, 0.15) is 0 Å². The van der Waals surface area contributed by atoms with Gasteiger partial charge in [0.25, 0.3) is 0 Å². The van der Waals surface area contributed by atoms with Gasteiger partial charge in [0.05, 0.1) is 18.1 Å². The SMILES string of the molecule is O=C(CSCc1ccccn1)NCCc1ccc(CO)cc1. The maximum atomic E-state index is 11.7. The molecule has 0 atom stereocenters. The van der Waals surface area contributed by atoms with Crippen LogP contribution in [0.1, 0.15) is 16.8 Å². The molecule has 2 rings (SSSR count). The predicted molar refractivity (Wildman–Crippen MR) is 89.5 cm³/mol. The fraction of sp³-hybridized carbons (Fsp3) is 0.294. The van der Waals surface area contributed by atoms with Crippen molar-refractivity contribution in [2.75, 3.05) is 12.3 Å². The highest BCUT2D eigenvalue weighted by atomic mass is 32.2. The van der Waals surface area contributed by atoms with Gasteiger partial charge in [0, 0.05) is 18.5 Å². The van der Waals surface area contributed by atoms with E-state index >= 15 is 0 Å². The van der Waals surface area contributed by atoms with Gasteiger partial charge >= 0.3 is 0 Å². The van der Waals surface area contributed by atoms with E-state index in [9.17, 15) is 4.79 Å². The van der Waals surface area contributed by atoms with Gasteiger partial charge in [-0.05, 0) is 29.7 Å². The minimum absolute atomic E-state index is 0.0490. The molecule has 2 aromatic rings. The maximum Gasteiger partial charge on any atom is 0.230 e. The molecule has 1 aromatic carbocycles. The van der Waals surface area contributed by atoms with Crippen LogP contribution in [0.15, 0.2) is 48.7 Å². The van der Waals surface area contributed by atoms with E-state index in [4.69, 9.17) is 5.11 Å². The second-order valence-corrected chi connectivity index (χ2v) is 5.87. The lowest BCUT2D eigenvalue weighted by Gasteiger charge is -2.06. The molecular weight excluding hydrogens is 296 g/mol. The summed E-state index contributed by atoms with van der Waals surface area (Å²) >= 11 is 1.56. The quantitative estimate of drug-likeness (QED) is 0.783. The number of hydrogen-bond acceptors (Lipinski definition) is 4.